The van der Waals surface area contributed by atoms with Gasteiger partial charge in [0.05, 0.1) is 12.2 Å². The van der Waals surface area contributed by atoms with Crippen LogP contribution < -0.4 is 5.73 Å². The summed E-state index contributed by atoms with van der Waals surface area (Å²) in [5.74, 6) is -5.91. The zero-order valence-electron chi connectivity index (χ0n) is 19.3. The summed E-state index contributed by atoms with van der Waals surface area (Å²) in [5, 5.41) is 0. The maximum Gasteiger partial charge on any atom is 0.449 e. The molecule has 1 fully saturated rings. The fraction of sp³-hybridized carbons (Fsp3) is 0.522. The highest BCUT2D eigenvalue weighted by Crippen LogP contribution is 2.33. The van der Waals surface area contributed by atoms with E-state index in [1.165, 1.54) is 9.80 Å². The third-order valence-corrected chi connectivity index (χ3v) is 6.47. The minimum atomic E-state index is -4.78. The summed E-state index contributed by atoms with van der Waals surface area (Å²) >= 11 is 0. The maximum atomic E-state index is 13.9. The number of imidazole rings is 1. The molecule has 0 unspecified atom stereocenters. The van der Waals surface area contributed by atoms with Crippen LogP contribution in [0.5, 0.6) is 0 Å². The number of likely N-dealkylation sites (tertiary alicyclic amines) is 1. The standard InChI is InChI=1S/C23H25F6N5O2/c24-15-11-17(26)16(25)9-13(15)8-14(30)10-19(35)33-6-7-34-18(12-33)20(31-22(34)23(27,28)29)21(36)32-4-2-1-3-5-32/h9,11,14H,1-8,10,12,30H2/t14-/m1/s1. The molecular weight excluding hydrogens is 492 g/mol. The highest BCUT2D eigenvalue weighted by Gasteiger charge is 2.42. The highest BCUT2D eigenvalue weighted by molar-refractivity contribution is 5.94. The molecular formula is C23H25F6N5O2. The van der Waals surface area contributed by atoms with Crippen molar-refractivity contribution in [3.05, 3.63) is 52.4 Å². The minimum absolute atomic E-state index is 0.00211. The molecule has 0 spiro atoms. The van der Waals surface area contributed by atoms with Crippen LogP contribution in [0.15, 0.2) is 12.1 Å². The number of carbonyl (C=O) groups is 2. The number of amides is 2. The van der Waals surface area contributed by atoms with E-state index >= 15 is 0 Å². The van der Waals surface area contributed by atoms with Gasteiger partial charge in [0.25, 0.3) is 5.91 Å². The normalized spacial score (nSPS) is 17.2. The fourth-order valence-electron chi connectivity index (χ4n) is 4.64. The van der Waals surface area contributed by atoms with Crippen molar-refractivity contribution in [3.63, 3.8) is 0 Å². The number of piperidine rings is 1. The lowest BCUT2D eigenvalue weighted by atomic mass is 10.0. The number of carbonyl (C=O) groups excluding carboxylic acids is 2. The largest absolute Gasteiger partial charge is 0.449 e. The molecule has 196 valence electrons. The second-order valence-corrected chi connectivity index (χ2v) is 9.07. The van der Waals surface area contributed by atoms with E-state index in [1.807, 2.05) is 0 Å². The monoisotopic (exact) mass is 517 g/mol. The fourth-order valence-corrected chi connectivity index (χ4v) is 4.64. The number of fused-ring (bicyclic) bond motifs is 1. The first-order chi connectivity index (χ1) is 17.0. The van der Waals surface area contributed by atoms with Gasteiger partial charge in [-0.05, 0) is 37.3 Å². The van der Waals surface area contributed by atoms with E-state index in [4.69, 9.17) is 5.73 Å². The van der Waals surface area contributed by atoms with Crippen LogP contribution in [0.4, 0.5) is 26.3 Å². The number of nitrogens with two attached hydrogens (primary N) is 1. The van der Waals surface area contributed by atoms with Crippen LogP contribution >= 0.6 is 0 Å². The molecule has 1 aromatic heterocycles. The number of hydrogen-bond acceptors (Lipinski definition) is 4. The Hall–Kier alpha value is -3.09. The number of aromatic nitrogens is 2. The van der Waals surface area contributed by atoms with Gasteiger partial charge >= 0.3 is 6.18 Å². The first-order valence-corrected chi connectivity index (χ1v) is 11.6. The van der Waals surface area contributed by atoms with Gasteiger partial charge in [-0.25, -0.2) is 18.2 Å². The predicted molar refractivity (Wildman–Crippen MR) is 115 cm³/mol. The van der Waals surface area contributed by atoms with Crippen molar-refractivity contribution in [2.75, 3.05) is 19.6 Å². The summed E-state index contributed by atoms with van der Waals surface area (Å²) in [5.41, 5.74) is 5.42. The van der Waals surface area contributed by atoms with Crippen molar-refractivity contribution in [2.24, 2.45) is 5.73 Å². The summed E-state index contributed by atoms with van der Waals surface area (Å²) in [6.07, 6.45) is -2.93. The molecule has 0 radical (unpaired) electrons. The van der Waals surface area contributed by atoms with Gasteiger partial charge in [0.2, 0.25) is 11.7 Å². The van der Waals surface area contributed by atoms with E-state index in [1.54, 1.807) is 0 Å². The summed E-state index contributed by atoms with van der Waals surface area (Å²) in [6, 6.07) is 0.110. The van der Waals surface area contributed by atoms with E-state index in [-0.39, 0.29) is 49.4 Å². The lowest BCUT2D eigenvalue weighted by Crippen LogP contribution is -2.43. The molecule has 1 saturated heterocycles. The lowest BCUT2D eigenvalue weighted by Gasteiger charge is -2.31. The minimum Gasteiger partial charge on any atom is -0.337 e. The van der Waals surface area contributed by atoms with E-state index < -0.39 is 47.3 Å². The van der Waals surface area contributed by atoms with E-state index in [0.717, 1.165) is 23.8 Å². The lowest BCUT2D eigenvalue weighted by molar-refractivity contribution is -0.148. The van der Waals surface area contributed by atoms with Gasteiger partial charge in [0, 0.05) is 44.7 Å². The Bertz CT molecular complexity index is 1160. The van der Waals surface area contributed by atoms with Gasteiger partial charge in [-0.1, -0.05) is 0 Å². The third-order valence-electron chi connectivity index (χ3n) is 6.47. The molecule has 7 nitrogen and oxygen atoms in total. The number of hydrogen-bond donors (Lipinski definition) is 1. The van der Waals surface area contributed by atoms with E-state index in [0.29, 0.717) is 25.2 Å². The van der Waals surface area contributed by atoms with Crippen LogP contribution in [0.1, 0.15) is 53.3 Å². The summed E-state index contributed by atoms with van der Waals surface area (Å²) in [7, 11) is 0. The van der Waals surface area contributed by atoms with Crippen molar-refractivity contribution < 1.29 is 35.9 Å². The highest BCUT2D eigenvalue weighted by atomic mass is 19.4. The Labute approximate surface area is 202 Å². The molecule has 2 aliphatic rings. The van der Waals surface area contributed by atoms with Gasteiger partial charge in [0.15, 0.2) is 17.3 Å². The van der Waals surface area contributed by atoms with Crippen LogP contribution in [0.3, 0.4) is 0 Å². The van der Waals surface area contributed by atoms with Crippen molar-refractivity contribution >= 4 is 11.8 Å². The Morgan fingerprint density at radius 2 is 1.61 bits per heavy atom. The Kier molecular flexibility index (Phi) is 7.30. The average Bonchev–Trinajstić information content (AvgIpc) is 3.22. The summed E-state index contributed by atoms with van der Waals surface area (Å²) < 4.78 is 82.3. The van der Waals surface area contributed by atoms with Crippen LogP contribution in [0, 0.1) is 17.5 Å². The molecule has 1 atom stereocenters. The average molecular weight is 517 g/mol. The molecule has 13 heteroatoms. The number of rotatable bonds is 5. The molecule has 0 saturated carbocycles. The molecule has 4 rings (SSSR count). The summed E-state index contributed by atoms with van der Waals surface area (Å²) in [4.78, 5) is 32.3. The number of benzene rings is 1. The van der Waals surface area contributed by atoms with Crippen LogP contribution in [-0.2, 0) is 30.5 Å². The molecule has 2 amide bonds. The van der Waals surface area contributed by atoms with Gasteiger partial charge in [-0.3, -0.25) is 9.59 Å². The smallest absolute Gasteiger partial charge is 0.337 e. The summed E-state index contributed by atoms with van der Waals surface area (Å²) in [6.45, 7) is 0.274. The quantitative estimate of drug-likeness (QED) is 0.488. The first-order valence-electron chi connectivity index (χ1n) is 11.6. The van der Waals surface area contributed by atoms with E-state index in [9.17, 15) is 35.9 Å². The van der Waals surface area contributed by atoms with E-state index in [2.05, 4.69) is 4.98 Å². The Morgan fingerprint density at radius 3 is 2.28 bits per heavy atom. The first kappa shape index (κ1) is 26.0. The molecule has 2 aliphatic heterocycles. The Balaban J connectivity index is 1.51. The molecule has 0 bridgehead atoms. The van der Waals surface area contributed by atoms with Gasteiger partial charge < -0.3 is 20.1 Å². The number of nitrogens with zero attached hydrogens (tertiary/aromatic N) is 4. The predicted octanol–water partition coefficient (Wildman–Crippen LogP) is 3.25. The molecule has 36 heavy (non-hydrogen) atoms. The number of halogens is 6. The SMILES string of the molecule is N[C@@H](CC(=O)N1CCn2c(C(F)(F)F)nc(C(=O)N3CCCCC3)c2C1)Cc1cc(F)c(F)cc1F. The Morgan fingerprint density at radius 1 is 0.944 bits per heavy atom. The van der Waals surface area contributed by atoms with Crippen LogP contribution in [0.25, 0.3) is 0 Å². The maximum absolute atomic E-state index is 13.9. The van der Waals surface area contributed by atoms with Crippen LogP contribution in [0.2, 0.25) is 0 Å². The molecule has 2 N–H and O–H groups in total. The topological polar surface area (TPSA) is 84.5 Å². The van der Waals surface area contributed by atoms with Gasteiger partial charge in [-0.2, -0.15) is 13.2 Å². The van der Waals surface area contributed by atoms with Gasteiger partial charge in [0.1, 0.15) is 5.82 Å². The molecule has 1 aromatic carbocycles. The zero-order valence-corrected chi connectivity index (χ0v) is 19.3. The second-order valence-electron chi connectivity index (χ2n) is 9.07. The van der Waals surface area contributed by atoms with Gasteiger partial charge in [-0.15, -0.1) is 0 Å². The van der Waals surface area contributed by atoms with Crippen molar-refractivity contribution in [2.45, 2.75) is 57.4 Å². The molecule has 0 aliphatic carbocycles. The third kappa shape index (κ3) is 5.35. The molecule has 2 aromatic rings. The zero-order chi connectivity index (χ0) is 26.2. The van der Waals surface area contributed by atoms with Crippen molar-refractivity contribution in [1.29, 1.82) is 0 Å². The van der Waals surface area contributed by atoms with Crippen molar-refractivity contribution in [3.8, 4) is 0 Å². The number of alkyl halides is 3. The van der Waals surface area contributed by atoms with Crippen molar-refractivity contribution in [1.82, 2.24) is 19.4 Å². The second kappa shape index (κ2) is 10.1. The molecule has 3 heterocycles. The van der Waals surface area contributed by atoms with Crippen LogP contribution in [-0.4, -0.2) is 56.8 Å².